The quantitative estimate of drug-likeness (QED) is 0.776. The van der Waals surface area contributed by atoms with Crippen molar-refractivity contribution in [2.45, 2.75) is 13.5 Å². The van der Waals surface area contributed by atoms with Crippen LogP contribution in [0.5, 0.6) is 0 Å². The molecule has 0 saturated heterocycles. The maximum absolute atomic E-state index is 5.52. The van der Waals surface area contributed by atoms with E-state index in [1.165, 1.54) is 0 Å². The molecule has 0 fully saturated rings. The van der Waals surface area contributed by atoms with Crippen LogP contribution in [0.15, 0.2) is 36.5 Å². The van der Waals surface area contributed by atoms with Crippen LogP contribution in [-0.4, -0.2) is 9.78 Å². The molecular formula is C11H13N3. The zero-order valence-electron chi connectivity index (χ0n) is 8.14. The van der Waals surface area contributed by atoms with Gasteiger partial charge in [0.2, 0.25) is 0 Å². The zero-order valence-corrected chi connectivity index (χ0v) is 8.14. The first-order chi connectivity index (χ1) is 6.79. The molecule has 0 unspecified atom stereocenters. The van der Waals surface area contributed by atoms with Gasteiger partial charge in [0.15, 0.2) is 0 Å². The molecule has 0 aliphatic rings. The second kappa shape index (κ2) is 3.64. The summed E-state index contributed by atoms with van der Waals surface area (Å²) in [4.78, 5) is 0. The Balaban J connectivity index is 2.33. The van der Waals surface area contributed by atoms with E-state index in [0.717, 1.165) is 16.9 Å². The van der Waals surface area contributed by atoms with E-state index in [2.05, 4.69) is 5.10 Å². The molecule has 3 nitrogen and oxygen atoms in total. The fourth-order valence-corrected chi connectivity index (χ4v) is 1.34. The van der Waals surface area contributed by atoms with E-state index < -0.39 is 0 Å². The maximum atomic E-state index is 5.52. The van der Waals surface area contributed by atoms with E-state index in [9.17, 15) is 0 Å². The fraction of sp³-hybridized carbons (Fsp3) is 0.182. The molecule has 2 N–H and O–H groups in total. The molecule has 1 heterocycles. The number of hydrogen-bond donors (Lipinski definition) is 1. The molecule has 2 aromatic rings. The van der Waals surface area contributed by atoms with E-state index in [0.29, 0.717) is 6.54 Å². The lowest BCUT2D eigenvalue weighted by Crippen LogP contribution is -1.98. The minimum Gasteiger partial charge on any atom is -0.326 e. The third-order valence-corrected chi connectivity index (χ3v) is 2.16. The minimum atomic E-state index is 0.582. The Kier molecular flexibility index (Phi) is 2.33. The van der Waals surface area contributed by atoms with Crippen molar-refractivity contribution in [3.63, 3.8) is 0 Å². The Hall–Kier alpha value is -1.61. The van der Waals surface area contributed by atoms with Gasteiger partial charge in [-0.15, -0.1) is 0 Å². The Bertz CT molecular complexity index is 414. The van der Waals surface area contributed by atoms with Crippen LogP contribution in [0.2, 0.25) is 0 Å². The van der Waals surface area contributed by atoms with Crippen LogP contribution in [0.1, 0.15) is 11.3 Å². The van der Waals surface area contributed by atoms with E-state index >= 15 is 0 Å². The standard InChI is InChI=1S/C11H13N3/c1-9-6-7-14(13-9)11-4-2-10(8-12)3-5-11/h2-7H,8,12H2,1H3. The van der Waals surface area contributed by atoms with Crippen molar-refractivity contribution < 1.29 is 0 Å². The van der Waals surface area contributed by atoms with Crippen LogP contribution in [-0.2, 0) is 6.54 Å². The first-order valence-corrected chi connectivity index (χ1v) is 4.61. The molecule has 0 amide bonds. The highest BCUT2D eigenvalue weighted by atomic mass is 15.3. The summed E-state index contributed by atoms with van der Waals surface area (Å²) in [7, 11) is 0. The molecule has 72 valence electrons. The maximum Gasteiger partial charge on any atom is 0.0645 e. The first-order valence-electron chi connectivity index (χ1n) is 4.61. The molecular weight excluding hydrogens is 174 g/mol. The van der Waals surface area contributed by atoms with Gasteiger partial charge in [-0.3, -0.25) is 0 Å². The highest BCUT2D eigenvalue weighted by molar-refractivity contribution is 5.34. The molecule has 3 heteroatoms. The van der Waals surface area contributed by atoms with Crippen molar-refractivity contribution in [2.24, 2.45) is 5.73 Å². The molecule has 0 atom stereocenters. The second-order valence-electron chi connectivity index (χ2n) is 3.27. The van der Waals surface area contributed by atoms with Crippen molar-refractivity contribution in [1.82, 2.24) is 9.78 Å². The van der Waals surface area contributed by atoms with Crippen LogP contribution >= 0.6 is 0 Å². The van der Waals surface area contributed by atoms with Crippen LogP contribution in [0.25, 0.3) is 5.69 Å². The highest BCUT2D eigenvalue weighted by Crippen LogP contribution is 2.08. The predicted octanol–water partition coefficient (Wildman–Crippen LogP) is 1.64. The summed E-state index contributed by atoms with van der Waals surface area (Å²) < 4.78 is 1.86. The number of aromatic nitrogens is 2. The number of benzene rings is 1. The summed E-state index contributed by atoms with van der Waals surface area (Å²) in [6.45, 7) is 2.56. The van der Waals surface area contributed by atoms with Gasteiger partial charge in [-0.25, -0.2) is 4.68 Å². The molecule has 0 aliphatic heterocycles. The van der Waals surface area contributed by atoms with Crippen LogP contribution < -0.4 is 5.73 Å². The SMILES string of the molecule is Cc1ccn(-c2ccc(CN)cc2)n1. The zero-order chi connectivity index (χ0) is 9.97. The molecule has 0 saturated carbocycles. The average molecular weight is 187 g/mol. The van der Waals surface area contributed by atoms with Gasteiger partial charge in [0.25, 0.3) is 0 Å². The van der Waals surface area contributed by atoms with Gasteiger partial charge in [-0.1, -0.05) is 12.1 Å². The average Bonchev–Trinajstić information content (AvgIpc) is 2.65. The van der Waals surface area contributed by atoms with Crippen molar-refractivity contribution in [3.8, 4) is 5.69 Å². The summed E-state index contributed by atoms with van der Waals surface area (Å²) in [6, 6.07) is 10.1. The minimum absolute atomic E-state index is 0.582. The molecule has 0 bridgehead atoms. The second-order valence-corrected chi connectivity index (χ2v) is 3.27. The third kappa shape index (κ3) is 1.67. The highest BCUT2D eigenvalue weighted by Gasteiger charge is 1.97. The van der Waals surface area contributed by atoms with Crippen molar-refractivity contribution in [3.05, 3.63) is 47.8 Å². The summed E-state index contributed by atoms with van der Waals surface area (Å²) in [5.74, 6) is 0. The molecule has 0 aliphatic carbocycles. The van der Waals surface area contributed by atoms with E-state index in [1.54, 1.807) is 0 Å². The Morgan fingerprint density at radius 1 is 1.21 bits per heavy atom. The van der Waals surface area contributed by atoms with Crippen LogP contribution in [0.3, 0.4) is 0 Å². The first kappa shape index (κ1) is 8.97. The van der Waals surface area contributed by atoms with Gasteiger partial charge in [-0.2, -0.15) is 5.10 Å². The summed E-state index contributed by atoms with van der Waals surface area (Å²) in [6.07, 6.45) is 1.95. The van der Waals surface area contributed by atoms with E-state index in [1.807, 2.05) is 48.1 Å². The summed E-state index contributed by atoms with van der Waals surface area (Å²) in [5.41, 5.74) is 8.74. The lowest BCUT2D eigenvalue weighted by atomic mass is 10.2. The monoisotopic (exact) mass is 187 g/mol. The number of hydrogen-bond acceptors (Lipinski definition) is 2. The van der Waals surface area contributed by atoms with Gasteiger partial charge in [0, 0.05) is 12.7 Å². The smallest absolute Gasteiger partial charge is 0.0645 e. The molecule has 2 rings (SSSR count). The van der Waals surface area contributed by atoms with Gasteiger partial charge >= 0.3 is 0 Å². The number of aryl methyl sites for hydroxylation is 1. The van der Waals surface area contributed by atoms with Gasteiger partial charge in [0.05, 0.1) is 11.4 Å². The van der Waals surface area contributed by atoms with Gasteiger partial charge < -0.3 is 5.73 Å². The molecule has 14 heavy (non-hydrogen) atoms. The topological polar surface area (TPSA) is 43.8 Å². The Morgan fingerprint density at radius 3 is 2.43 bits per heavy atom. The van der Waals surface area contributed by atoms with Crippen molar-refractivity contribution >= 4 is 0 Å². The Labute approximate surface area is 83.2 Å². The van der Waals surface area contributed by atoms with E-state index in [-0.39, 0.29) is 0 Å². The van der Waals surface area contributed by atoms with Crippen LogP contribution in [0.4, 0.5) is 0 Å². The van der Waals surface area contributed by atoms with E-state index in [4.69, 9.17) is 5.73 Å². The van der Waals surface area contributed by atoms with Gasteiger partial charge in [0.1, 0.15) is 0 Å². The van der Waals surface area contributed by atoms with Crippen LogP contribution in [0, 0.1) is 6.92 Å². The molecule has 1 aromatic heterocycles. The molecule has 1 aromatic carbocycles. The fourth-order valence-electron chi connectivity index (χ4n) is 1.34. The summed E-state index contributed by atoms with van der Waals surface area (Å²) in [5, 5.41) is 4.32. The number of nitrogens with two attached hydrogens (primary N) is 1. The number of rotatable bonds is 2. The lowest BCUT2D eigenvalue weighted by Gasteiger charge is -2.02. The normalized spacial score (nSPS) is 10.4. The van der Waals surface area contributed by atoms with Gasteiger partial charge in [-0.05, 0) is 30.7 Å². The largest absolute Gasteiger partial charge is 0.326 e. The summed E-state index contributed by atoms with van der Waals surface area (Å²) >= 11 is 0. The molecule has 0 radical (unpaired) electrons. The molecule has 0 spiro atoms. The predicted molar refractivity (Wildman–Crippen MR) is 56.2 cm³/mol. The van der Waals surface area contributed by atoms with Crippen molar-refractivity contribution in [2.75, 3.05) is 0 Å². The van der Waals surface area contributed by atoms with Crippen molar-refractivity contribution in [1.29, 1.82) is 0 Å². The third-order valence-electron chi connectivity index (χ3n) is 2.16. The lowest BCUT2D eigenvalue weighted by molar-refractivity contribution is 0.861. The Morgan fingerprint density at radius 2 is 1.93 bits per heavy atom. The number of nitrogens with zero attached hydrogens (tertiary/aromatic N) is 2.